The van der Waals surface area contributed by atoms with Crippen LogP contribution in [0.25, 0.3) is 0 Å². The summed E-state index contributed by atoms with van der Waals surface area (Å²) in [5, 5.41) is 3.21. The van der Waals surface area contributed by atoms with Crippen LogP contribution in [0.3, 0.4) is 0 Å². The minimum absolute atomic E-state index is 0.0384. The van der Waals surface area contributed by atoms with Gasteiger partial charge in [0.25, 0.3) is 0 Å². The van der Waals surface area contributed by atoms with Crippen LogP contribution in [0, 0.1) is 5.92 Å². The van der Waals surface area contributed by atoms with E-state index in [1.165, 1.54) is 0 Å². The first-order chi connectivity index (χ1) is 6.52. The van der Waals surface area contributed by atoms with Gasteiger partial charge in [-0.05, 0) is 0 Å². The van der Waals surface area contributed by atoms with Crippen molar-refractivity contribution in [2.24, 2.45) is 5.92 Å². The van der Waals surface area contributed by atoms with E-state index in [9.17, 15) is 9.59 Å². The first kappa shape index (κ1) is 13.4. The van der Waals surface area contributed by atoms with Gasteiger partial charge in [0.2, 0.25) is 11.8 Å². The number of rotatable bonds is 5. The van der Waals surface area contributed by atoms with E-state index >= 15 is 0 Å². The van der Waals surface area contributed by atoms with E-state index in [0.29, 0.717) is 18.3 Å². The SMILES string of the molecule is CNC(=O)C(C)CN(C)C(=O)CCBr. The van der Waals surface area contributed by atoms with Crippen LogP contribution in [-0.4, -0.2) is 42.7 Å². The number of halogens is 1. The Hall–Kier alpha value is -0.580. The maximum Gasteiger partial charge on any atom is 0.224 e. The van der Waals surface area contributed by atoms with Crippen molar-refractivity contribution in [3.63, 3.8) is 0 Å². The Kier molecular flexibility index (Phi) is 6.53. The third-order valence-corrected chi connectivity index (χ3v) is 2.37. The van der Waals surface area contributed by atoms with Crippen LogP contribution in [0.5, 0.6) is 0 Å². The van der Waals surface area contributed by atoms with Crippen molar-refractivity contribution in [3.05, 3.63) is 0 Å². The molecule has 0 aromatic carbocycles. The number of carbonyl (C=O) groups excluding carboxylic acids is 2. The lowest BCUT2D eigenvalue weighted by Gasteiger charge is -2.20. The molecule has 0 aliphatic rings. The van der Waals surface area contributed by atoms with Gasteiger partial charge in [-0.1, -0.05) is 22.9 Å². The summed E-state index contributed by atoms with van der Waals surface area (Å²) in [6.07, 6.45) is 0.469. The molecule has 0 spiro atoms. The highest BCUT2D eigenvalue weighted by molar-refractivity contribution is 9.09. The molecule has 82 valence electrons. The molecule has 2 amide bonds. The van der Waals surface area contributed by atoms with Crippen LogP contribution in [0.1, 0.15) is 13.3 Å². The number of nitrogens with zero attached hydrogens (tertiary/aromatic N) is 1. The zero-order chi connectivity index (χ0) is 11.1. The molecule has 0 saturated carbocycles. The van der Waals surface area contributed by atoms with Gasteiger partial charge in [0, 0.05) is 32.4 Å². The number of amides is 2. The summed E-state index contributed by atoms with van der Waals surface area (Å²) in [5.41, 5.74) is 0. The smallest absolute Gasteiger partial charge is 0.224 e. The average molecular weight is 265 g/mol. The Morgan fingerprint density at radius 2 is 2.07 bits per heavy atom. The maximum absolute atomic E-state index is 11.4. The van der Waals surface area contributed by atoms with E-state index in [0.717, 1.165) is 0 Å². The van der Waals surface area contributed by atoms with Crippen LogP contribution in [-0.2, 0) is 9.59 Å². The summed E-state index contributed by atoms with van der Waals surface area (Å²) in [6, 6.07) is 0. The summed E-state index contributed by atoms with van der Waals surface area (Å²) in [7, 11) is 3.31. The lowest BCUT2D eigenvalue weighted by Crippen LogP contribution is -2.37. The molecule has 1 unspecified atom stereocenters. The zero-order valence-electron chi connectivity index (χ0n) is 8.84. The predicted molar refractivity (Wildman–Crippen MR) is 59.3 cm³/mol. The summed E-state index contributed by atoms with van der Waals surface area (Å²) in [5.74, 6) is -0.148. The highest BCUT2D eigenvalue weighted by atomic mass is 79.9. The van der Waals surface area contributed by atoms with Crippen LogP contribution in [0.15, 0.2) is 0 Å². The molecule has 0 rings (SSSR count). The molecule has 0 aliphatic heterocycles. The Bertz CT molecular complexity index is 209. The van der Waals surface area contributed by atoms with Crippen LogP contribution in [0.4, 0.5) is 0 Å². The van der Waals surface area contributed by atoms with Gasteiger partial charge < -0.3 is 10.2 Å². The van der Waals surface area contributed by atoms with Crippen molar-refractivity contribution >= 4 is 27.7 Å². The highest BCUT2D eigenvalue weighted by Gasteiger charge is 2.16. The van der Waals surface area contributed by atoms with Gasteiger partial charge in [-0.15, -0.1) is 0 Å². The zero-order valence-corrected chi connectivity index (χ0v) is 10.4. The minimum atomic E-state index is -0.163. The molecule has 0 aliphatic carbocycles. The minimum Gasteiger partial charge on any atom is -0.359 e. The summed E-state index contributed by atoms with van der Waals surface area (Å²) in [6.45, 7) is 2.27. The van der Waals surface area contributed by atoms with Gasteiger partial charge in [0.05, 0.1) is 5.92 Å². The van der Waals surface area contributed by atoms with Crippen LogP contribution >= 0.6 is 15.9 Å². The molecule has 5 heteroatoms. The Labute approximate surface area is 93.2 Å². The first-order valence-corrected chi connectivity index (χ1v) is 5.66. The topological polar surface area (TPSA) is 49.4 Å². The third-order valence-electron chi connectivity index (χ3n) is 1.98. The van der Waals surface area contributed by atoms with E-state index in [-0.39, 0.29) is 17.7 Å². The molecule has 0 saturated heterocycles. The molecule has 0 aromatic heterocycles. The van der Waals surface area contributed by atoms with Gasteiger partial charge in [0.1, 0.15) is 0 Å². The summed E-state index contributed by atoms with van der Waals surface area (Å²) >= 11 is 3.20. The fourth-order valence-corrected chi connectivity index (χ4v) is 1.45. The molecule has 0 heterocycles. The second kappa shape index (κ2) is 6.81. The quantitative estimate of drug-likeness (QED) is 0.740. The first-order valence-electron chi connectivity index (χ1n) is 4.54. The number of nitrogens with one attached hydrogen (secondary N) is 1. The Morgan fingerprint density at radius 1 is 1.50 bits per heavy atom. The summed E-state index contributed by atoms with van der Waals surface area (Å²) in [4.78, 5) is 24.1. The van der Waals surface area contributed by atoms with Gasteiger partial charge in [-0.25, -0.2) is 0 Å². The summed E-state index contributed by atoms with van der Waals surface area (Å²) < 4.78 is 0. The molecule has 0 aromatic rings. The third kappa shape index (κ3) is 4.60. The van der Waals surface area contributed by atoms with Crippen molar-refractivity contribution in [2.75, 3.05) is 26.0 Å². The molecule has 1 N–H and O–H groups in total. The Balaban J connectivity index is 3.98. The molecule has 1 atom stereocenters. The normalized spacial score (nSPS) is 12.0. The van der Waals surface area contributed by atoms with Crippen molar-refractivity contribution in [1.29, 1.82) is 0 Å². The lowest BCUT2D eigenvalue weighted by molar-refractivity contribution is -0.131. The number of hydrogen-bond donors (Lipinski definition) is 1. The van der Waals surface area contributed by atoms with Gasteiger partial charge in [-0.2, -0.15) is 0 Å². The predicted octanol–water partition coefficient (Wildman–Crippen LogP) is 0.612. The van der Waals surface area contributed by atoms with Crippen molar-refractivity contribution in [3.8, 4) is 0 Å². The monoisotopic (exact) mass is 264 g/mol. The average Bonchev–Trinajstić information content (AvgIpc) is 2.16. The largest absolute Gasteiger partial charge is 0.359 e. The standard InChI is InChI=1S/C9H17BrN2O2/c1-7(9(14)11-2)6-12(3)8(13)4-5-10/h7H,4-6H2,1-3H3,(H,11,14). The van der Waals surface area contributed by atoms with Crippen molar-refractivity contribution in [2.45, 2.75) is 13.3 Å². The fraction of sp³-hybridized carbons (Fsp3) is 0.778. The number of hydrogen-bond acceptors (Lipinski definition) is 2. The second-order valence-electron chi connectivity index (χ2n) is 3.23. The Morgan fingerprint density at radius 3 is 2.50 bits per heavy atom. The molecule has 0 radical (unpaired) electrons. The van der Waals surface area contributed by atoms with E-state index in [2.05, 4.69) is 21.2 Å². The number of alkyl halides is 1. The van der Waals surface area contributed by atoms with E-state index in [1.54, 1.807) is 25.9 Å². The molecular weight excluding hydrogens is 248 g/mol. The molecule has 0 bridgehead atoms. The van der Waals surface area contributed by atoms with Crippen molar-refractivity contribution in [1.82, 2.24) is 10.2 Å². The number of carbonyl (C=O) groups is 2. The van der Waals surface area contributed by atoms with Gasteiger partial charge >= 0.3 is 0 Å². The highest BCUT2D eigenvalue weighted by Crippen LogP contribution is 2.01. The van der Waals surface area contributed by atoms with Gasteiger partial charge in [-0.3, -0.25) is 9.59 Å². The van der Waals surface area contributed by atoms with Crippen molar-refractivity contribution < 1.29 is 9.59 Å². The van der Waals surface area contributed by atoms with E-state index in [1.807, 2.05) is 0 Å². The van der Waals surface area contributed by atoms with E-state index in [4.69, 9.17) is 0 Å². The van der Waals surface area contributed by atoms with Crippen LogP contribution in [0.2, 0.25) is 0 Å². The molecular formula is C9H17BrN2O2. The second-order valence-corrected chi connectivity index (χ2v) is 4.02. The van der Waals surface area contributed by atoms with Crippen LogP contribution < -0.4 is 5.32 Å². The molecule has 4 nitrogen and oxygen atoms in total. The lowest BCUT2D eigenvalue weighted by atomic mass is 10.1. The maximum atomic E-state index is 11.4. The van der Waals surface area contributed by atoms with Gasteiger partial charge in [0.15, 0.2) is 0 Å². The molecule has 0 fully saturated rings. The molecule has 14 heavy (non-hydrogen) atoms. The van der Waals surface area contributed by atoms with E-state index < -0.39 is 0 Å². The fourth-order valence-electron chi connectivity index (χ4n) is 1.11.